The molecule has 0 aliphatic rings. The lowest BCUT2D eigenvalue weighted by atomic mass is 9.98. The first kappa shape index (κ1) is 12.3. The van der Waals surface area contributed by atoms with Gasteiger partial charge < -0.3 is 4.74 Å². The molecule has 0 aromatic heterocycles. The summed E-state index contributed by atoms with van der Waals surface area (Å²) >= 11 is 12.0. The number of carbonyl (C=O) groups excluding carboxylic acids is 1. The number of esters is 1. The lowest BCUT2D eigenvalue weighted by molar-refractivity contribution is -0.140. The Hall–Kier alpha value is -0.730. The molecule has 0 amide bonds. The highest BCUT2D eigenvalue weighted by Gasteiger charge is 2.16. The molecule has 0 spiro atoms. The van der Waals surface area contributed by atoms with Crippen molar-refractivity contribution < 1.29 is 9.53 Å². The van der Waals surface area contributed by atoms with E-state index in [1.807, 2.05) is 6.92 Å². The lowest BCUT2D eigenvalue weighted by Crippen LogP contribution is -2.06. The van der Waals surface area contributed by atoms with Crippen molar-refractivity contribution >= 4 is 29.2 Å². The second kappa shape index (κ2) is 5.38. The molecular weight excluding hydrogens is 235 g/mol. The zero-order chi connectivity index (χ0) is 11.4. The Kier molecular flexibility index (Phi) is 4.43. The number of carbonyl (C=O) groups is 1. The Balaban J connectivity index is 2.90. The fourth-order valence-electron chi connectivity index (χ4n) is 1.42. The first-order valence-electron chi connectivity index (χ1n) is 4.57. The van der Waals surface area contributed by atoms with Gasteiger partial charge in [-0.05, 0) is 23.6 Å². The van der Waals surface area contributed by atoms with Gasteiger partial charge in [0.1, 0.15) is 0 Å². The summed E-state index contributed by atoms with van der Waals surface area (Å²) in [7, 11) is 1.36. The third-order valence-electron chi connectivity index (χ3n) is 2.19. The summed E-state index contributed by atoms with van der Waals surface area (Å²) < 4.78 is 4.60. The standard InChI is InChI=1S/C11H12Cl2O2/c1-7(6-10(14)15-2)11-8(12)4-3-5-9(11)13/h3-5,7H,6H2,1-2H3. The van der Waals surface area contributed by atoms with E-state index >= 15 is 0 Å². The minimum atomic E-state index is -0.265. The van der Waals surface area contributed by atoms with E-state index in [-0.39, 0.29) is 18.3 Å². The first-order valence-corrected chi connectivity index (χ1v) is 5.32. The highest BCUT2D eigenvalue weighted by Crippen LogP contribution is 2.33. The van der Waals surface area contributed by atoms with E-state index in [0.717, 1.165) is 5.56 Å². The molecule has 0 bridgehead atoms. The number of hydrogen-bond donors (Lipinski definition) is 0. The molecule has 0 heterocycles. The van der Waals surface area contributed by atoms with Crippen molar-refractivity contribution in [2.75, 3.05) is 7.11 Å². The monoisotopic (exact) mass is 246 g/mol. The Bertz CT molecular complexity index is 343. The number of benzene rings is 1. The van der Waals surface area contributed by atoms with Crippen LogP contribution in [0.4, 0.5) is 0 Å². The van der Waals surface area contributed by atoms with Crippen LogP contribution in [-0.2, 0) is 9.53 Å². The minimum absolute atomic E-state index is 0.0429. The normalized spacial score (nSPS) is 12.3. The smallest absolute Gasteiger partial charge is 0.306 e. The van der Waals surface area contributed by atoms with Crippen molar-refractivity contribution in [2.45, 2.75) is 19.3 Å². The molecular formula is C11H12Cl2O2. The summed E-state index contributed by atoms with van der Waals surface area (Å²) in [5.41, 5.74) is 0.797. The van der Waals surface area contributed by atoms with Crippen LogP contribution < -0.4 is 0 Å². The predicted octanol–water partition coefficient (Wildman–Crippen LogP) is 3.66. The molecule has 1 aromatic carbocycles. The van der Waals surface area contributed by atoms with Crippen molar-refractivity contribution in [2.24, 2.45) is 0 Å². The van der Waals surface area contributed by atoms with Crippen LogP contribution in [0.1, 0.15) is 24.8 Å². The third kappa shape index (κ3) is 3.11. The summed E-state index contributed by atoms with van der Waals surface area (Å²) in [6.45, 7) is 1.89. The van der Waals surface area contributed by atoms with E-state index in [2.05, 4.69) is 4.74 Å². The van der Waals surface area contributed by atoms with Crippen LogP contribution in [0.2, 0.25) is 10.0 Å². The van der Waals surface area contributed by atoms with Gasteiger partial charge in [0, 0.05) is 10.0 Å². The van der Waals surface area contributed by atoms with Crippen LogP contribution in [0.3, 0.4) is 0 Å². The van der Waals surface area contributed by atoms with Crippen molar-refractivity contribution in [3.8, 4) is 0 Å². The van der Waals surface area contributed by atoms with Crippen LogP contribution in [0.5, 0.6) is 0 Å². The largest absolute Gasteiger partial charge is 0.469 e. The molecule has 0 aliphatic heterocycles. The molecule has 4 heteroatoms. The van der Waals surface area contributed by atoms with Gasteiger partial charge in [0.15, 0.2) is 0 Å². The highest BCUT2D eigenvalue weighted by atomic mass is 35.5. The fraction of sp³-hybridized carbons (Fsp3) is 0.364. The maximum atomic E-state index is 11.1. The number of rotatable bonds is 3. The van der Waals surface area contributed by atoms with Gasteiger partial charge in [-0.2, -0.15) is 0 Å². The second-order valence-corrected chi connectivity index (χ2v) is 4.13. The Morgan fingerprint density at radius 2 is 1.93 bits per heavy atom. The van der Waals surface area contributed by atoms with Gasteiger partial charge in [-0.15, -0.1) is 0 Å². The molecule has 0 fully saturated rings. The zero-order valence-electron chi connectivity index (χ0n) is 8.59. The lowest BCUT2D eigenvalue weighted by Gasteiger charge is -2.13. The average molecular weight is 247 g/mol. The molecule has 1 aromatic rings. The van der Waals surface area contributed by atoms with Crippen molar-refractivity contribution in [1.29, 1.82) is 0 Å². The molecule has 0 saturated carbocycles. The molecule has 0 aliphatic carbocycles. The van der Waals surface area contributed by atoms with E-state index in [0.29, 0.717) is 10.0 Å². The van der Waals surface area contributed by atoms with Gasteiger partial charge in [-0.1, -0.05) is 36.2 Å². The summed E-state index contributed by atoms with van der Waals surface area (Å²) in [5, 5.41) is 1.16. The molecule has 0 N–H and O–H groups in total. The van der Waals surface area contributed by atoms with Crippen LogP contribution in [0.15, 0.2) is 18.2 Å². The van der Waals surface area contributed by atoms with Crippen LogP contribution in [-0.4, -0.2) is 13.1 Å². The van der Waals surface area contributed by atoms with Gasteiger partial charge in [0.25, 0.3) is 0 Å². The summed E-state index contributed by atoms with van der Waals surface area (Å²) in [6, 6.07) is 5.30. The number of halogens is 2. The molecule has 1 unspecified atom stereocenters. The molecule has 15 heavy (non-hydrogen) atoms. The van der Waals surface area contributed by atoms with Gasteiger partial charge in [-0.3, -0.25) is 4.79 Å². The number of methoxy groups -OCH3 is 1. The maximum absolute atomic E-state index is 11.1. The first-order chi connectivity index (χ1) is 7.06. The quantitative estimate of drug-likeness (QED) is 0.762. The van der Waals surface area contributed by atoms with Crippen molar-refractivity contribution in [3.05, 3.63) is 33.8 Å². The van der Waals surface area contributed by atoms with E-state index in [9.17, 15) is 4.79 Å². The van der Waals surface area contributed by atoms with E-state index in [1.54, 1.807) is 18.2 Å². The van der Waals surface area contributed by atoms with Gasteiger partial charge >= 0.3 is 5.97 Å². The third-order valence-corrected chi connectivity index (χ3v) is 2.85. The summed E-state index contributed by atoms with van der Waals surface area (Å²) in [6.07, 6.45) is 0.278. The second-order valence-electron chi connectivity index (χ2n) is 3.32. The van der Waals surface area contributed by atoms with E-state index in [1.165, 1.54) is 7.11 Å². The van der Waals surface area contributed by atoms with E-state index in [4.69, 9.17) is 23.2 Å². The Labute approximate surface area is 99.1 Å². The van der Waals surface area contributed by atoms with Gasteiger partial charge in [0.05, 0.1) is 13.5 Å². The molecule has 1 rings (SSSR count). The maximum Gasteiger partial charge on any atom is 0.306 e. The predicted molar refractivity (Wildman–Crippen MR) is 61.5 cm³/mol. The average Bonchev–Trinajstić information content (AvgIpc) is 2.17. The van der Waals surface area contributed by atoms with Crippen molar-refractivity contribution in [3.63, 3.8) is 0 Å². The van der Waals surface area contributed by atoms with Gasteiger partial charge in [0.2, 0.25) is 0 Å². The molecule has 0 saturated heterocycles. The zero-order valence-corrected chi connectivity index (χ0v) is 10.1. The Morgan fingerprint density at radius 1 is 1.40 bits per heavy atom. The number of ether oxygens (including phenoxy) is 1. The van der Waals surface area contributed by atoms with Crippen molar-refractivity contribution in [1.82, 2.24) is 0 Å². The van der Waals surface area contributed by atoms with Crippen LogP contribution in [0, 0.1) is 0 Å². The summed E-state index contributed by atoms with van der Waals surface area (Å²) in [5.74, 6) is -0.308. The molecule has 82 valence electrons. The molecule has 1 atom stereocenters. The SMILES string of the molecule is COC(=O)CC(C)c1c(Cl)cccc1Cl. The molecule has 0 radical (unpaired) electrons. The van der Waals surface area contributed by atoms with Gasteiger partial charge in [-0.25, -0.2) is 0 Å². The fourth-order valence-corrected chi connectivity index (χ4v) is 2.19. The van der Waals surface area contributed by atoms with Crippen LogP contribution in [0.25, 0.3) is 0 Å². The Morgan fingerprint density at radius 3 is 2.40 bits per heavy atom. The highest BCUT2D eigenvalue weighted by molar-refractivity contribution is 6.36. The number of hydrogen-bond acceptors (Lipinski definition) is 2. The topological polar surface area (TPSA) is 26.3 Å². The minimum Gasteiger partial charge on any atom is -0.469 e. The summed E-state index contributed by atoms with van der Waals surface area (Å²) in [4.78, 5) is 11.1. The molecule has 2 nitrogen and oxygen atoms in total. The van der Waals surface area contributed by atoms with E-state index < -0.39 is 0 Å². The van der Waals surface area contributed by atoms with Crippen LogP contribution >= 0.6 is 23.2 Å².